The molecule has 2 atom stereocenters. The fourth-order valence-electron chi connectivity index (χ4n) is 4.11. The monoisotopic (exact) mass is 430 g/mol. The highest BCUT2D eigenvalue weighted by molar-refractivity contribution is 5.76. The van der Waals surface area contributed by atoms with Gasteiger partial charge in [-0.3, -0.25) is 9.88 Å². The van der Waals surface area contributed by atoms with Crippen LogP contribution in [0.5, 0.6) is 11.5 Å². The molecule has 2 unspecified atom stereocenters. The van der Waals surface area contributed by atoms with Gasteiger partial charge in [0, 0.05) is 41.5 Å². The highest BCUT2D eigenvalue weighted by Gasteiger charge is 2.37. The number of aromatic nitrogens is 1. The van der Waals surface area contributed by atoms with Gasteiger partial charge in [0.15, 0.2) is 0 Å². The van der Waals surface area contributed by atoms with Gasteiger partial charge in [-0.1, -0.05) is 0 Å². The first-order valence-corrected chi connectivity index (χ1v) is 10.5. The molecule has 2 aromatic rings. The van der Waals surface area contributed by atoms with E-state index in [0.29, 0.717) is 11.5 Å². The van der Waals surface area contributed by atoms with Gasteiger partial charge in [0.2, 0.25) is 0 Å². The van der Waals surface area contributed by atoms with E-state index in [1.165, 1.54) is 18.7 Å². The number of amides is 1. The van der Waals surface area contributed by atoms with Crippen LogP contribution >= 0.6 is 0 Å². The second-order valence-corrected chi connectivity index (χ2v) is 9.59. The van der Waals surface area contributed by atoms with Crippen LogP contribution in [0.25, 0.3) is 11.1 Å². The van der Waals surface area contributed by atoms with Gasteiger partial charge in [0.1, 0.15) is 29.9 Å². The number of carbonyl (C=O) groups is 1. The minimum atomic E-state index is -1.54. The second kappa shape index (κ2) is 8.36. The smallest absolute Gasteiger partial charge is 0.408 e. The van der Waals surface area contributed by atoms with E-state index in [4.69, 9.17) is 9.47 Å². The zero-order valence-electron chi connectivity index (χ0n) is 19.0. The third-order valence-corrected chi connectivity index (χ3v) is 5.29. The van der Waals surface area contributed by atoms with E-state index in [1.807, 2.05) is 31.3 Å². The summed E-state index contributed by atoms with van der Waals surface area (Å²) < 4.78 is 26.5. The fraction of sp³-hybridized carbons (Fsp3) is 0.500. The summed E-state index contributed by atoms with van der Waals surface area (Å²) in [7, 11) is 0. The summed E-state index contributed by atoms with van der Waals surface area (Å²) in [6.07, 6.45) is 2.34. The van der Waals surface area contributed by atoms with Crippen molar-refractivity contribution < 1.29 is 23.8 Å². The second-order valence-electron chi connectivity index (χ2n) is 9.59. The molecule has 1 aromatic heterocycles. The van der Waals surface area contributed by atoms with Gasteiger partial charge in [0.25, 0.3) is 0 Å². The molecule has 1 amide bonds. The summed E-state index contributed by atoms with van der Waals surface area (Å²) in [5.41, 5.74) is 0.801. The van der Waals surface area contributed by atoms with E-state index in [-0.39, 0.29) is 19.1 Å². The molecule has 0 fully saturated rings. The van der Waals surface area contributed by atoms with E-state index in [9.17, 15) is 14.3 Å². The molecule has 168 valence electrons. The van der Waals surface area contributed by atoms with Crippen LogP contribution in [-0.2, 0) is 0 Å². The van der Waals surface area contributed by atoms with Crippen LogP contribution in [0.15, 0.2) is 36.7 Å². The molecule has 1 aliphatic heterocycles. The Bertz CT molecular complexity index is 949. The Morgan fingerprint density at radius 3 is 2.58 bits per heavy atom. The van der Waals surface area contributed by atoms with Crippen molar-refractivity contribution in [1.82, 2.24) is 9.88 Å². The molecule has 0 bridgehead atoms. The lowest BCUT2D eigenvalue weighted by atomic mass is 9.95. The molecule has 31 heavy (non-hydrogen) atoms. The quantitative estimate of drug-likeness (QED) is 0.621. The predicted octanol–water partition coefficient (Wildman–Crippen LogP) is 5.87. The lowest BCUT2D eigenvalue weighted by Gasteiger charge is -2.41. The molecular formula is C24H31FN2O4. The number of halogens is 1. The average molecular weight is 431 g/mol. The third-order valence-electron chi connectivity index (χ3n) is 5.29. The molecule has 0 saturated carbocycles. The molecule has 0 aliphatic carbocycles. The minimum absolute atomic E-state index is 0.0232. The Morgan fingerprint density at radius 2 is 1.97 bits per heavy atom. The zero-order valence-corrected chi connectivity index (χ0v) is 19.0. The van der Waals surface area contributed by atoms with Crippen molar-refractivity contribution >= 4 is 6.09 Å². The van der Waals surface area contributed by atoms with Gasteiger partial charge in [-0.15, -0.1) is 0 Å². The van der Waals surface area contributed by atoms with Crippen molar-refractivity contribution in [3.05, 3.63) is 42.2 Å². The number of ether oxygens (including phenoxy) is 2. The molecular weight excluding hydrogens is 399 g/mol. The van der Waals surface area contributed by atoms with Crippen LogP contribution < -0.4 is 9.47 Å². The molecule has 1 N–H and O–H groups in total. The van der Waals surface area contributed by atoms with Crippen LogP contribution in [0, 0.1) is 0 Å². The summed E-state index contributed by atoms with van der Waals surface area (Å²) in [4.78, 5) is 17.4. The first-order chi connectivity index (χ1) is 14.4. The predicted molar refractivity (Wildman–Crippen MR) is 117 cm³/mol. The lowest BCUT2D eigenvalue weighted by Crippen LogP contribution is -2.54. The van der Waals surface area contributed by atoms with E-state index in [0.717, 1.165) is 16.7 Å². The standard InChI is InChI=1S/C24H31FN2O4/c1-15-20-13-26-10-9-18(20)19-8-7-17(11-21(19)31-15)30-14-16(12-24(5,6)25)27(22(28)29)23(2,3)4/h7-11,13,15-16H,12,14H2,1-6H3,(H,28,29). The van der Waals surface area contributed by atoms with Gasteiger partial charge in [0.05, 0.1) is 6.04 Å². The Hall–Kier alpha value is -2.83. The number of rotatable bonds is 6. The molecule has 1 aromatic carbocycles. The highest BCUT2D eigenvalue weighted by Crippen LogP contribution is 2.43. The largest absolute Gasteiger partial charge is 0.491 e. The number of fused-ring (bicyclic) bond motifs is 3. The summed E-state index contributed by atoms with van der Waals surface area (Å²) >= 11 is 0. The Balaban J connectivity index is 1.84. The molecule has 7 heteroatoms. The summed E-state index contributed by atoms with van der Waals surface area (Å²) in [6.45, 7) is 10.3. The maximum atomic E-state index is 14.5. The Labute approximate surface area is 183 Å². The molecule has 1 aliphatic rings. The Morgan fingerprint density at radius 1 is 1.26 bits per heavy atom. The molecule has 3 rings (SSSR count). The highest BCUT2D eigenvalue weighted by atomic mass is 19.1. The first kappa shape index (κ1) is 22.8. The summed E-state index contributed by atoms with van der Waals surface area (Å²) in [5.74, 6) is 1.24. The van der Waals surface area contributed by atoms with Gasteiger partial charge in [-0.2, -0.15) is 0 Å². The molecule has 6 nitrogen and oxygen atoms in total. The zero-order chi connectivity index (χ0) is 23.0. The molecule has 0 spiro atoms. The SMILES string of the molecule is CC1Oc2cc(OCC(CC(C)(C)F)N(C(=O)O)C(C)(C)C)ccc2-c2ccncc21. The van der Waals surface area contributed by atoms with E-state index >= 15 is 0 Å². The number of alkyl halides is 1. The molecule has 2 heterocycles. The van der Waals surface area contributed by atoms with Crippen molar-refractivity contribution in [2.45, 2.75) is 71.3 Å². The topological polar surface area (TPSA) is 71.9 Å². The van der Waals surface area contributed by atoms with Crippen LogP contribution in [-0.4, -0.2) is 44.9 Å². The van der Waals surface area contributed by atoms with Gasteiger partial charge < -0.3 is 14.6 Å². The lowest BCUT2D eigenvalue weighted by molar-refractivity contribution is 0.0262. The number of nitrogens with zero attached hydrogens (tertiary/aromatic N) is 2. The van der Waals surface area contributed by atoms with Crippen LogP contribution in [0.4, 0.5) is 9.18 Å². The number of hydrogen-bond donors (Lipinski definition) is 1. The van der Waals surface area contributed by atoms with Crippen molar-refractivity contribution in [3.63, 3.8) is 0 Å². The van der Waals surface area contributed by atoms with Crippen molar-refractivity contribution in [2.24, 2.45) is 0 Å². The van der Waals surface area contributed by atoms with Gasteiger partial charge >= 0.3 is 6.09 Å². The Kier molecular flexibility index (Phi) is 6.16. The normalized spacial score (nSPS) is 16.5. The maximum Gasteiger partial charge on any atom is 0.408 e. The summed E-state index contributed by atoms with van der Waals surface area (Å²) in [5, 5.41) is 9.78. The molecule has 0 saturated heterocycles. The summed E-state index contributed by atoms with van der Waals surface area (Å²) in [6, 6.07) is 6.85. The minimum Gasteiger partial charge on any atom is -0.491 e. The first-order valence-electron chi connectivity index (χ1n) is 10.5. The molecule has 0 radical (unpaired) electrons. The van der Waals surface area contributed by atoms with Crippen LogP contribution in [0.2, 0.25) is 0 Å². The van der Waals surface area contributed by atoms with Crippen molar-refractivity contribution in [2.75, 3.05) is 6.61 Å². The van der Waals surface area contributed by atoms with Gasteiger partial charge in [-0.05, 0) is 65.3 Å². The van der Waals surface area contributed by atoms with Gasteiger partial charge in [-0.25, -0.2) is 9.18 Å². The number of pyridine rings is 1. The van der Waals surface area contributed by atoms with Crippen molar-refractivity contribution in [1.29, 1.82) is 0 Å². The maximum absolute atomic E-state index is 14.5. The van der Waals surface area contributed by atoms with E-state index in [1.54, 1.807) is 33.0 Å². The number of benzene rings is 1. The van der Waals surface area contributed by atoms with Crippen molar-refractivity contribution in [3.8, 4) is 22.6 Å². The average Bonchev–Trinajstić information content (AvgIpc) is 2.63. The van der Waals surface area contributed by atoms with Crippen LogP contribution in [0.3, 0.4) is 0 Å². The van der Waals surface area contributed by atoms with E-state index in [2.05, 4.69) is 4.98 Å². The fourth-order valence-corrected chi connectivity index (χ4v) is 4.11. The number of carboxylic acid groups (broad SMARTS) is 1. The number of hydrogen-bond acceptors (Lipinski definition) is 4. The van der Waals surface area contributed by atoms with E-state index < -0.39 is 23.3 Å². The van der Waals surface area contributed by atoms with Crippen LogP contribution in [0.1, 0.15) is 59.6 Å². The third kappa shape index (κ3) is 5.27.